The van der Waals surface area contributed by atoms with Gasteiger partial charge in [0.15, 0.2) is 0 Å². The van der Waals surface area contributed by atoms with Crippen LogP contribution in [0.4, 0.5) is 5.69 Å². The Bertz CT molecular complexity index is 742. The molecule has 3 rings (SSSR count). The Balaban J connectivity index is 2.05. The molecule has 1 heterocycles. The third-order valence-corrected chi connectivity index (χ3v) is 5.32. The zero-order valence-electron chi connectivity index (χ0n) is 11.5. The summed E-state index contributed by atoms with van der Waals surface area (Å²) < 4.78 is 5.86. The van der Waals surface area contributed by atoms with Crippen molar-refractivity contribution in [2.24, 2.45) is 0 Å². The van der Waals surface area contributed by atoms with Crippen LogP contribution < -0.4 is 4.74 Å². The van der Waals surface area contributed by atoms with Crippen LogP contribution in [0.2, 0.25) is 0 Å². The van der Waals surface area contributed by atoms with Gasteiger partial charge in [0.2, 0.25) is 5.75 Å². The number of fused-ring (bicyclic) bond motifs is 1. The predicted molar refractivity (Wildman–Crippen MR) is 86.7 cm³/mol. The highest BCUT2D eigenvalue weighted by Gasteiger charge is 2.28. The van der Waals surface area contributed by atoms with Gasteiger partial charge in [-0.15, -0.1) is 11.3 Å². The Morgan fingerprint density at radius 1 is 1.36 bits per heavy atom. The maximum absolute atomic E-state index is 12.1. The van der Waals surface area contributed by atoms with Crippen LogP contribution in [0.25, 0.3) is 0 Å². The van der Waals surface area contributed by atoms with Crippen molar-refractivity contribution < 1.29 is 14.5 Å². The minimum absolute atomic E-state index is 0.00375. The summed E-state index contributed by atoms with van der Waals surface area (Å²) in [7, 11) is 0. The highest BCUT2D eigenvalue weighted by Crippen LogP contribution is 2.42. The fourth-order valence-electron chi connectivity index (χ4n) is 2.59. The van der Waals surface area contributed by atoms with Crippen LogP contribution in [-0.4, -0.2) is 10.9 Å². The number of hydrogen-bond acceptors (Lipinski definition) is 5. The van der Waals surface area contributed by atoms with E-state index in [9.17, 15) is 14.9 Å². The highest BCUT2D eigenvalue weighted by molar-refractivity contribution is 9.10. The number of nitro groups is 1. The maximum atomic E-state index is 12.1. The number of ether oxygens (including phenoxy) is 1. The predicted octanol–water partition coefficient (Wildman–Crippen LogP) is 4.52. The van der Waals surface area contributed by atoms with E-state index in [0.29, 0.717) is 9.35 Å². The lowest BCUT2D eigenvalue weighted by Gasteiger charge is -2.19. The number of carbonyl (C=O) groups is 1. The van der Waals surface area contributed by atoms with Crippen LogP contribution >= 0.6 is 27.3 Å². The van der Waals surface area contributed by atoms with Crippen LogP contribution in [-0.2, 0) is 12.8 Å². The van der Waals surface area contributed by atoms with Gasteiger partial charge >= 0.3 is 11.7 Å². The van der Waals surface area contributed by atoms with Crippen molar-refractivity contribution >= 4 is 38.9 Å². The van der Waals surface area contributed by atoms with Crippen molar-refractivity contribution in [1.29, 1.82) is 0 Å². The van der Waals surface area contributed by atoms with Crippen LogP contribution in [0.15, 0.2) is 28.1 Å². The summed E-state index contributed by atoms with van der Waals surface area (Å²) in [6.45, 7) is 0. The Morgan fingerprint density at radius 3 is 2.82 bits per heavy atom. The van der Waals surface area contributed by atoms with Gasteiger partial charge in [-0.2, -0.15) is 0 Å². The normalized spacial score (nSPS) is 13.5. The Kier molecular flexibility index (Phi) is 4.26. The topological polar surface area (TPSA) is 69.4 Å². The number of nitrogens with zero attached hydrogens (tertiary/aromatic N) is 1. The zero-order chi connectivity index (χ0) is 15.7. The van der Waals surface area contributed by atoms with Crippen LogP contribution in [0.1, 0.15) is 33.6 Å². The first-order valence-electron chi connectivity index (χ1n) is 6.82. The molecule has 2 aromatic rings. The summed E-state index contributed by atoms with van der Waals surface area (Å²) in [6.07, 6.45) is 3.69. The van der Waals surface area contributed by atoms with Gasteiger partial charge in [-0.3, -0.25) is 10.1 Å². The number of thiophene rings is 1. The van der Waals surface area contributed by atoms with Gasteiger partial charge in [-0.25, -0.2) is 4.79 Å². The van der Waals surface area contributed by atoms with Crippen molar-refractivity contribution in [3.63, 3.8) is 0 Å². The standard InChI is InChI=1S/C15H12BrNO4S/c16-13-10-5-2-1-4-9(10)8-11(17(19)20)14(13)21-15(18)12-6-3-7-22-12/h3,6-8H,1-2,4-5H2. The lowest BCUT2D eigenvalue weighted by Crippen LogP contribution is -2.12. The van der Waals surface area contributed by atoms with Gasteiger partial charge in [0.25, 0.3) is 0 Å². The van der Waals surface area contributed by atoms with E-state index < -0.39 is 10.9 Å². The number of nitro benzene ring substituents is 1. The van der Waals surface area contributed by atoms with E-state index in [1.807, 2.05) is 0 Å². The minimum Gasteiger partial charge on any atom is -0.414 e. The first-order chi connectivity index (χ1) is 10.6. The molecule has 0 amide bonds. The molecule has 1 aromatic carbocycles. The number of hydrogen-bond donors (Lipinski definition) is 0. The monoisotopic (exact) mass is 381 g/mol. The third-order valence-electron chi connectivity index (χ3n) is 3.63. The summed E-state index contributed by atoms with van der Waals surface area (Å²) in [4.78, 5) is 23.4. The molecule has 0 fully saturated rings. The summed E-state index contributed by atoms with van der Waals surface area (Å²) in [5.74, 6) is -0.571. The van der Waals surface area contributed by atoms with Gasteiger partial charge in [0.1, 0.15) is 4.88 Å². The number of halogens is 1. The van der Waals surface area contributed by atoms with Crippen LogP contribution in [0.3, 0.4) is 0 Å². The molecule has 0 bridgehead atoms. The molecule has 0 saturated heterocycles. The molecule has 0 aliphatic heterocycles. The smallest absolute Gasteiger partial charge is 0.353 e. The second-order valence-electron chi connectivity index (χ2n) is 5.01. The fraction of sp³-hybridized carbons (Fsp3) is 0.267. The van der Waals surface area contributed by atoms with Gasteiger partial charge in [0.05, 0.1) is 9.40 Å². The van der Waals surface area contributed by atoms with E-state index >= 15 is 0 Å². The second kappa shape index (κ2) is 6.18. The molecule has 0 atom stereocenters. The van der Waals surface area contributed by atoms with E-state index in [2.05, 4.69) is 15.9 Å². The molecule has 0 N–H and O–H groups in total. The van der Waals surface area contributed by atoms with E-state index in [-0.39, 0.29) is 11.4 Å². The molecule has 1 aromatic heterocycles. The SMILES string of the molecule is O=C(Oc1c([N+](=O)[O-])cc2c(c1Br)CCCC2)c1cccs1. The molecule has 5 nitrogen and oxygen atoms in total. The average Bonchev–Trinajstić information content (AvgIpc) is 3.04. The molecule has 1 aliphatic rings. The largest absolute Gasteiger partial charge is 0.414 e. The van der Waals surface area contributed by atoms with E-state index in [4.69, 9.17) is 4.74 Å². The van der Waals surface area contributed by atoms with Crippen molar-refractivity contribution in [3.8, 4) is 5.75 Å². The molecule has 0 spiro atoms. The van der Waals surface area contributed by atoms with Gasteiger partial charge < -0.3 is 4.74 Å². The quantitative estimate of drug-likeness (QED) is 0.339. The Hall–Kier alpha value is -1.73. The van der Waals surface area contributed by atoms with Gasteiger partial charge in [-0.05, 0) is 64.2 Å². The Labute approximate surface area is 139 Å². The second-order valence-corrected chi connectivity index (χ2v) is 6.75. The molecule has 22 heavy (non-hydrogen) atoms. The van der Waals surface area contributed by atoms with Gasteiger partial charge in [-0.1, -0.05) is 6.07 Å². The number of aryl methyl sites for hydroxylation is 1. The average molecular weight is 382 g/mol. The summed E-state index contributed by atoms with van der Waals surface area (Å²) in [5.41, 5.74) is 1.80. The van der Waals surface area contributed by atoms with Crippen molar-refractivity contribution in [1.82, 2.24) is 0 Å². The van der Waals surface area contributed by atoms with Gasteiger partial charge in [0, 0.05) is 6.07 Å². The molecule has 0 unspecified atom stereocenters. The van der Waals surface area contributed by atoms with E-state index in [1.165, 1.54) is 17.4 Å². The first kappa shape index (κ1) is 15.2. The lowest BCUT2D eigenvalue weighted by molar-refractivity contribution is -0.385. The zero-order valence-corrected chi connectivity index (χ0v) is 13.9. The molecular formula is C15H12BrNO4S. The number of benzene rings is 1. The van der Waals surface area contributed by atoms with Crippen LogP contribution in [0.5, 0.6) is 5.75 Å². The van der Waals surface area contributed by atoms with Crippen molar-refractivity contribution in [2.45, 2.75) is 25.7 Å². The Morgan fingerprint density at radius 2 is 2.14 bits per heavy atom. The summed E-state index contributed by atoms with van der Waals surface area (Å²) in [6, 6.07) is 4.90. The van der Waals surface area contributed by atoms with Crippen LogP contribution in [0, 0.1) is 10.1 Å². The molecule has 7 heteroatoms. The molecule has 0 saturated carbocycles. The third kappa shape index (κ3) is 2.78. The van der Waals surface area contributed by atoms with E-state index in [1.54, 1.807) is 17.5 Å². The lowest BCUT2D eigenvalue weighted by atomic mass is 9.91. The number of rotatable bonds is 3. The first-order valence-corrected chi connectivity index (χ1v) is 8.49. The number of esters is 1. The summed E-state index contributed by atoms with van der Waals surface area (Å²) >= 11 is 4.64. The minimum atomic E-state index is -0.574. The summed E-state index contributed by atoms with van der Waals surface area (Å²) in [5, 5.41) is 13.1. The van der Waals surface area contributed by atoms with Crippen molar-refractivity contribution in [2.75, 3.05) is 0 Å². The highest BCUT2D eigenvalue weighted by atomic mass is 79.9. The van der Waals surface area contributed by atoms with E-state index in [0.717, 1.165) is 36.8 Å². The molecular weight excluding hydrogens is 370 g/mol. The number of carbonyl (C=O) groups excluding carboxylic acids is 1. The molecule has 1 aliphatic carbocycles. The van der Waals surface area contributed by atoms with Crippen molar-refractivity contribution in [3.05, 3.63) is 54.2 Å². The molecule has 0 radical (unpaired) electrons. The molecule has 114 valence electrons. The fourth-order valence-corrected chi connectivity index (χ4v) is 3.92. The maximum Gasteiger partial charge on any atom is 0.353 e.